The molecule has 1 unspecified atom stereocenters. The number of carboxylic acids is 1. The van der Waals surface area contributed by atoms with Crippen LogP contribution < -0.4 is 5.73 Å². The van der Waals surface area contributed by atoms with Crippen molar-refractivity contribution in [3.05, 3.63) is 0 Å². The van der Waals surface area contributed by atoms with Crippen molar-refractivity contribution in [3.63, 3.8) is 0 Å². The van der Waals surface area contributed by atoms with Crippen LogP contribution in [-0.2, 0) is 4.79 Å². The molecule has 0 aliphatic carbocycles. The first kappa shape index (κ1) is 12.2. The highest BCUT2D eigenvalue weighted by Crippen LogP contribution is 2.21. The van der Waals surface area contributed by atoms with Gasteiger partial charge in [0.15, 0.2) is 0 Å². The first-order chi connectivity index (χ1) is 8.09. The first-order valence-corrected chi connectivity index (χ1v) is 6.13. The summed E-state index contributed by atoms with van der Waals surface area (Å²) >= 11 is 0. The summed E-state index contributed by atoms with van der Waals surface area (Å²) in [5.41, 5.74) is 5.78. The van der Waals surface area contributed by atoms with Gasteiger partial charge in [0, 0.05) is 25.7 Å². The lowest BCUT2D eigenvalue weighted by Gasteiger charge is -2.34. The van der Waals surface area contributed by atoms with Crippen LogP contribution >= 0.6 is 0 Å². The predicted molar refractivity (Wildman–Crippen MR) is 61.5 cm³/mol. The Morgan fingerprint density at radius 1 is 1.12 bits per heavy atom. The topological polar surface area (TPSA) is 86.9 Å². The lowest BCUT2D eigenvalue weighted by molar-refractivity contribution is -0.141. The second-order valence-corrected chi connectivity index (χ2v) is 4.80. The average molecular weight is 241 g/mol. The third-order valence-electron chi connectivity index (χ3n) is 3.59. The molecule has 96 valence electrons. The van der Waals surface area contributed by atoms with Crippen molar-refractivity contribution in [3.8, 4) is 0 Å². The number of hydrogen-bond acceptors (Lipinski definition) is 3. The number of carbonyl (C=O) groups is 2. The van der Waals surface area contributed by atoms with Crippen molar-refractivity contribution >= 4 is 12.0 Å². The second-order valence-electron chi connectivity index (χ2n) is 4.80. The van der Waals surface area contributed by atoms with Crippen molar-refractivity contribution in [2.75, 3.05) is 19.6 Å². The number of piperidine rings is 1. The van der Waals surface area contributed by atoms with Crippen LogP contribution in [0.5, 0.6) is 0 Å². The summed E-state index contributed by atoms with van der Waals surface area (Å²) in [6.45, 7) is 1.84. The Bertz CT molecular complexity index is 313. The number of urea groups is 1. The minimum Gasteiger partial charge on any atom is -0.480 e. The molecule has 0 saturated carbocycles. The Morgan fingerprint density at radius 3 is 2.35 bits per heavy atom. The Labute approximate surface area is 100 Å². The van der Waals surface area contributed by atoms with E-state index in [0.717, 1.165) is 19.3 Å². The molecule has 2 fully saturated rings. The van der Waals surface area contributed by atoms with Crippen molar-refractivity contribution in [1.82, 2.24) is 9.80 Å². The van der Waals surface area contributed by atoms with Gasteiger partial charge in [-0.3, -0.25) is 0 Å². The molecule has 3 N–H and O–H groups in total. The summed E-state index contributed by atoms with van der Waals surface area (Å²) in [7, 11) is 0. The van der Waals surface area contributed by atoms with Gasteiger partial charge in [0.05, 0.1) is 0 Å². The molecule has 2 aliphatic heterocycles. The first-order valence-electron chi connectivity index (χ1n) is 6.13. The van der Waals surface area contributed by atoms with Crippen molar-refractivity contribution in [1.29, 1.82) is 0 Å². The van der Waals surface area contributed by atoms with Crippen molar-refractivity contribution in [2.24, 2.45) is 5.73 Å². The zero-order valence-corrected chi connectivity index (χ0v) is 9.84. The summed E-state index contributed by atoms with van der Waals surface area (Å²) in [6.07, 6.45) is 2.94. The molecule has 2 aliphatic rings. The van der Waals surface area contributed by atoms with E-state index in [0.29, 0.717) is 26.1 Å². The molecule has 2 saturated heterocycles. The van der Waals surface area contributed by atoms with E-state index in [1.165, 1.54) is 4.90 Å². The highest BCUT2D eigenvalue weighted by molar-refractivity contribution is 5.83. The number of nitrogens with two attached hydrogens (primary N) is 1. The Morgan fingerprint density at radius 2 is 1.76 bits per heavy atom. The third-order valence-corrected chi connectivity index (χ3v) is 3.59. The molecule has 0 aromatic rings. The van der Waals surface area contributed by atoms with E-state index in [1.807, 2.05) is 0 Å². The van der Waals surface area contributed by atoms with E-state index in [9.17, 15) is 9.59 Å². The summed E-state index contributed by atoms with van der Waals surface area (Å²) in [6, 6.07) is -0.604. The molecule has 1 atom stereocenters. The molecule has 6 heteroatoms. The molecule has 2 heterocycles. The SMILES string of the molecule is NC1CCN(C(=O)N2CCCC2C(=O)O)CC1. The molecular formula is C11H19N3O3. The predicted octanol–water partition coefficient (Wildman–Crippen LogP) is 0.0785. The Hall–Kier alpha value is -1.30. The van der Waals surface area contributed by atoms with Crippen LogP contribution in [0.1, 0.15) is 25.7 Å². The van der Waals surface area contributed by atoms with E-state index in [2.05, 4.69) is 0 Å². The summed E-state index contributed by atoms with van der Waals surface area (Å²) in [5, 5.41) is 9.04. The van der Waals surface area contributed by atoms with E-state index in [4.69, 9.17) is 10.8 Å². The number of amides is 2. The monoisotopic (exact) mass is 241 g/mol. The van der Waals surface area contributed by atoms with Crippen LogP contribution in [0.15, 0.2) is 0 Å². The maximum atomic E-state index is 12.2. The number of carboxylic acid groups (broad SMARTS) is 1. The molecule has 0 aromatic heterocycles. The molecule has 0 radical (unpaired) electrons. The van der Waals surface area contributed by atoms with Gasteiger partial charge < -0.3 is 20.6 Å². The molecule has 0 aromatic carbocycles. The summed E-state index contributed by atoms with van der Waals surface area (Å²) < 4.78 is 0. The largest absolute Gasteiger partial charge is 0.480 e. The molecule has 17 heavy (non-hydrogen) atoms. The zero-order valence-electron chi connectivity index (χ0n) is 9.84. The molecule has 2 amide bonds. The van der Waals surface area contributed by atoms with Gasteiger partial charge in [0.1, 0.15) is 6.04 Å². The second kappa shape index (κ2) is 4.91. The van der Waals surface area contributed by atoms with Crippen LogP contribution in [0, 0.1) is 0 Å². The molecule has 0 bridgehead atoms. The number of nitrogens with zero attached hydrogens (tertiary/aromatic N) is 2. The smallest absolute Gasteiger partial charge is 0.326 e. The number of hydrogen-bond donors (Lipinski definition) is 2. The van der Waals surface area contributed by atoms with Crippen molar-refractivity contribution < 1.29 is 14.7 Å². The van der Waals surface area contributed by atoms with Gasteiger partial charge in [-0.25, -0.2) is 9.59 Å². The van der Waals surface area contributed by atoms with E-state index >= 15 is 0 Å². The highest BCUT2D eigenvalue weighted by atomic mass is 16.4. The summed E-state index contributed by atoms with van der Waals surface area (Å²) in [4.78, 5) is 26.4. The molecular weight excluding hydrogens is 222 g/mol. The van der Waals surface area contributed by atoms with Crippen LogP contribution in [0.3, 0.4) is 0 Å². The van der Waals surface area contributed by atoms with E-state index in [1.54, 1.807) is 4.90 Å². The average Bonchev–Trinajstić information content (AvgIpc) is 2.78. The quantitative estimate of drug-likeness (QED) is 0.680. The Balaban J connectivity index is 1.97. The number of likely N-dealkylation sites (tertiary alicyclic amines) is 2. The van der Waals surface area contributed by atoms with Gasteiger partial charge >= 0.3 is 12.0 Å². The van der Waals surface area contributed by atoms with Crippen LogP contribution in [0.4, 0.5) is 4.79 Å². The van der Waals surface area contributed by atoms with E-state index < -0.39 is 12.0 Å². The lowest BCUT2D eigenvalue weighted by atomic mass is 10.1. The van der Waals surface area contributed by atoms with Crippen LogP contribution in [-0.4, -0.2) is 58.6 Å². The minimum atomic E-state index is -0.899. The van der Waals surface area contributed by atoms with Gasteiger partial charge in [-0.15, -0.1) is 0 Å². The molecule has 6 nitrogen and oxygen atoms in total. The fourth-order valence-corrected chi connectivity index (χ4v) is 2.52. The lowest BCUT2D eigenvalue weighted by Crippen LogP contribution is -2.51. The van der Waals surface area contributed by atoms with Crippen molar-refractivity contribution in [2.45, 2.75) is 37.8 Å². The van der Waals surface area contributed by atoms with Gasteiger partial charge in [-0.2, -0.15) is 0 Å². The fourth-order valence-electron chi connectivity index (χ4n) is 2.52. The standard InChI is InChI=1S/C11H19N3O3/c12-8-3-6-13(7-4-8)11(17)14-5-1-2-9(14)10(15)16/h8-9H,1-7,12H2,(H,15,16). The molecule has 2 rings (SSSR count). The van der Waals surface area contributed by atoms with Gasteiger partial charge in [0.2, 0.25) is 0 Å². The molecule has 0 spiro atoms. The maximum Gasteiger partial charge on any atom is 0.326 e. The van der Waals surface area contributed by atoms with Gasteiger partial charge in [-0.05, 0) is 25.7 Å². The fraction of sp³-hybridized carbons (Fsp3) is 0.818. The van der Waals surface area contributed by atoms with Gasteiger partial charge in [-0.1, -0.05) is 0 Å². The minimum absolute atomic E-state index is 0.137. The zero-order chi connectivity index (χ0) is 12.4. The number of aliphatic carboxylic acids is 1. The van der Waals surface area contributed by atoms with Gasteiger partial charge in [0.25, 0.3) is 0 Å². The normalized spacial score (nSPS) is 26.3. The third kappa shape index (κ3) is 2.52. The summed E-state index contributed by atoms with van der Waals surface area (Å²) in [5.74, 6) is -0.899. The van der Waals surface area contributed by atoms with E-state index in [-0.39, 0.29) is 12.1 Å². The highest BCUT2D eigenvalue weighted by Gasteiger charge is 2.36. The number of carbonyl (C=O) groups excluding carboxylic acids is 1. The number of rotatable bonds is 1. The Kier molecular flexibility index (Phi) is 3.51. The van der Waals surface area contributed by atoms with Crippen LogP contribution in [0.2, 0.25) is 0 Å². The maximum absolute atomic E-state index is 12.2. The van der Waals surface area contributed by atoms with Crippen LogP contribution in [0.25, 0.3) is 0 Å².